The molecule has 2 saturated heterocycles. The zero-order valence-corrected chi connectivity index (χ0v) is 12.6. The number of alkyl carbamates (subject to hydrolysis) is 1. The van der Waals surface area contributed by atoms with Crippen molar-refractivity contribution >= 4 is 18.0 Å². The van der Waals surface area contributed by atoms with E-state index in [0.29, 0.717) is 25.7 Å². The highest BCUT2D eigenvalue weighted by Gasteiger charge is 2.46. The molecule has 2 rings (SSSR count). The van der Waals surface area contributed by atoms with Gasteiger partial charge in [-0.15, -0.1) is 0 Å². The number of hydrogen-bond donors (Lipinski definition) is 2. The normalized spacial score (nSPS) is 29.0. The van der Waals surface area contributed by atoms with E-state index in [0.717, 1.165) is 0 Å². The number of rotatable bonds is 2. The Bertz CT molecular complexity index is 457. The van der Waals surface area contributed by atoms with Gasteiger partial charge in [0.15, 0.2) is 0 Å². The van der Waals surface area contributed by atoms with E-state index in [9.17, 15) is 19.5 Å². The van der Waals surface area contributed by atoms with Crippen LogP contribution in [0.15, 0.2) is 0 Å². The average Bonchev–Trinajstić information content (AvgIpc) is 2.75. The van der Waals surface area contributed by atoms with E-state index in [1.165, 1.54) is 4.90 Å². The van der Waals surface area contributed by atoms with Gasteiger partial charge in [0, 0.05) is 6.04 Å². The maximum atomic E-state index is 12.4. The third-order valence-electron chi connectivity index (χ3n) is 3.82. The fourth-order valence-electron chi connectivity index (χ4n) is 2.99. The van der Waals surface area contributed by atoms with Crippen LogP contribution in [0.3, 0.4) is 0 Å². The molecule has 0 aliphatic carbocycles. The summed E-state index contributed by atoms with van der Waals surface area (Å²) in [6.07, 6.45) is 1.76. The monoisotopic (exact) mass is 298 g/mol. The van der Waals surface area contributed by atoms with Gasteiger partial charge < -0.3 is 20.1 Å². The lowest BCUT2D eigenvalue weighted by Crippen LogP contribution is -2.57. The number of carbonyl (C=O) groups excluding carboxylic acids is 2. The Hall–Kier alpha value is -1.79. The summed E-state index contributed by atoms with van der Waals surface area (Å²) < 4.78 is 5.14. The van der Waals surface area contributed by atoms with E-state index in [2.05, 4.69) is 5.32 Å². The molecule has 2 N–H and O–H groups in total. The van der Waals surface area contributed by atoms with E-state index in [4.69, 9.17) is 4.74 Å². The lowest BCUT2D eigenvalue weighted by molar-refractivity contribution is -0.152. The number of hydrogen-bond acceptors (Lipinski definition) is 4. The predicted molar refractivity (Wildman–Crippen MR) is 73.7 cm³/mol. The van der Waals surface area contributed by atoms with Crippen molar-refractivity contribution in [1.29, 1.82) is 0 Å². The van der Waals surface area contributed by atoms with Gasteiger partial charge in [-0.05, 0) is 46.5 Å². The standard InChI is InChI=1S/C14H22N2O5/c1-14(2,3)21-13(20)15-9-6-4-8-5-7-10(12(18)19)16(8)11(9)17/h8-10H,4-7H2,1-3H3,(H,15,20)(H,18,19)/t8-,9-,10+/m1/s1. The second-order valence-electron chi connectivity index (χ2n) is 6.61. The largest absolute Gasteiger partial charge is 0.480 e. The summed E-state index contributed by atoms with van der Waals surface area (Å²) >= 11 is 0. The second-order valence-corrected chi connectivity index (χ2v) is 6.61. The van der Waals surface area contributed by atoms with E-state index < -0.39 is 29.7 Å². The molecule has 0 aromatic rings. The van der Waals surface area contributed by atoms with Crippen LogP contribution in [0.25, 0.3) is 0 Å². The molecule has 118 valence electrons. The first-order valence-electron chi connectivity index (χ1n) is 7.23. The molecule has 0 unspecified atom stereocenters. The number of amides is 2. The first-order chi connectivity index (χ1) is 9.69. The Labute approximate surface area is 123 Å². The van der Waals surface area contributed by atoms with Gasteiger partial charge in [-0.2, -0.15) is 0 Å². The van der Waals surface area contributed by atoms with Crippen LogP contribution in [0, 0.1) is 0 Å². The molecule has 0 saturated carbocycles. The lowest BCUT2D eigenvalue weighted by Gasteiger charge is -2.37. The first-order valence-corrected chi connectivity index (χ1v) is 7.23. The minimum atomic E-state index is -0.983. The third-order valence-corrected chi connectivity index (χ3v) is 3.82. The summed E-state index contributed by atoms with van der Waals surface area (Å²) in [5.41, 5.74) is -0.637. The van der Waals surface area contributed by atoms with Gasteiger partial charge in [-0.25, -0.2) is 9.59 Å². The summed E-state index contributed by atoms with van der Waals surface area (Å²) in [6.45, 7) is 5.23. The maximum Gasteiger partial charge on any atom is 0.408 e. The smallest absolute Gasteiger partial charge is 0.408 e. The summed E-state index contributed by atoms with van der Waals surface area (Å²) in [5, 5.41) is 11.7. The number of piperidine rings is 1. The van der Waals surface area contributed by atoms with Crippen LogP contribution in [-0.4, -0.2) is 51.7 Å². The van der Waals surface area contributed by atoms with Crippen LogP contribution in [-0.2, 0) is 14.3 Å². The highest BCUT2D eigenvalue weighted by Crippen LogP contribution is 2.32. The van der Waals surface area contributed by atoms with Crippen molar-refractivity contribution in [2.24, 2.45) is 0 Å². The Kier molecular flexibility index (Phi) is 4.11. The fraction of sp³-hybridized carbons (Fsp3) is 0.786. The van der Waals surface area contributed by atoms with Gasteiger partial charge in [-0.1, -0.05) is 0 Å². The molecule has 0 aromatic carbocycles. The van der Waals surface area contributed by atoms with Crippen LogP contribution in [0.2, 0.25) is 0 Å². The van der Waals surface area contributed by atoms with Gasteiger partial charge in [0.25, 0.3) is 0 Å². The molecule has 2 fully saturated rings. The molecule has 0 aromatic heterocycles. The molecular formula is C14H22N2O5. The summed E-state index contributed by atoms with van der Waals surface area (Å²) in [5.74, 6) is -1.30. The van der Waals surface area contributed by atoms with Gasteiger partial charge in [0.1, 0.15) is 17.7 Å². The summed E-state index contributed by atoms with van der Waals surface area (Å²) in [7, 11) is 0. The zero-order chi connectivity index (χ0) is 15.8. The van der Waals surface area contributed by atoms with Gasteiger partial charge in [-0.3, -0.25) is 4.79 Å². The number of nitrogens with one attached hydrogen (secondary N) is 1. The lowest BCUT2D eigenvalue weighted by atomic mass is 9.98. The topological polar surface area (TPSA) is 95.9 Å². The number of nitrogens with zero attached hydrogens (tertiary/aromatic N) is 1. The number of carbonyl (C=O) groups is 3. The van der Waals surface area contributed by atoms with Crippen LogP contribution >= 0.6 is 0 Å². The molecule has 7 heteroatoms. The van der Waals surface area contributed by atoms with E-state index in [1.807, 2.05) is 0 Å². The molecule has 0 radical (unpaired) electrons. The first kappa shape index (κ1) is 15.6. The number of carboxylic acid groups (broad SMARTS) is 1. The SMILES string of the molecule is CC(C)(C)OC(=O)N[C@@H]1CC[C@@H]2CC[C@@H](C(=O)O)N2C1=O. The molecule has 21 heavy (non-hydrogen) atoms. The molecule has 2 heterocycles. The quantitative estimate of drug-likeness (QED) is 0.796. The van der Waals surface area contributed by atoms with Crippen LogP contribution in [0.1, 0.15) is 46.5 Å². The van der Waals surface area contributed by atoms with Crippen LogP contribution < -0.4 is 5.32 Å². The van der Waals surface area contributed by atoms with Crippen molar-refractivity contribution in [2.45, 2.75) is 70.2 Å². The average molecular weight is 298 g/mol. The van der Waals surface area contributed by atoms with Crippen molar-refractivity contribution in [3.05, 3.63) is 0 Å². The van der Waals surface area contributed by atoms with Gasteiger partial charge in [0.05, 0.1) is 0 Å². The number of carboxylic acids is 1. The number of aliphatic carboxylic acids is 1. The minimum Gasteiger partial charge on any atom is -0.480 e. The highest BCUT2D eigenvalue weighted by atomic mass is 16.6. The Balaban J connectivity index is 2.02. The Morgan fingerprint density at radius 3 is 2.43 bits per heavy atom. The Morgan fingerprint density at radius 1 is 1.24 bits per heavy atom. The van der Waals surface area contributed by atoms with E-state index in [1.54, 1.807) is 20.8 Å². The minimum absolute atomic E-state index is 0.0183. The molecule has 0 spiro atoms. The van der Waals surface area contributed by atoms with Crippen LogP contribution in [0.5, 0.6) is 0 Å². The van der Waals surface area contributed by atoms with Gasteiger partial charge in [0.2, 0.25) is 5.91 Å². The van der Waals surface area contributed by atoms with Crippen LogP contribution in [0.4, 0.5) is 4.79 Å². The van der Waals surface area contributed by atoms with Crippen molar-refractivity contribution in [2.75, 3.05) is 0 Å². The second kappa shape index (κ2) is 5.54. The number of ether oxygens (including phenoxy) is 1. The third kappa shape index (κ3) is 3.46. The molecular weight excluding hydrogens is 276 g/mol. The van der Waals surface area contributed by atoms with Crippen molar-refractivity contribution in [3.63, 3.8) is 0 Å². The molecule has 0 bridgehead atoms. The summed E-state index contributed by atoms with van der Waals surface area (Å²) in [6, 6.07) is -1.49. The molecule has 2 aliphatic rings. The number of fused-ring (bicyclic) bond motifs is 1. The maximum absolute atomic E-state index is 12.4. The van der Waals surface area contributed by atoms with Crippen molar-refractivity contribution < 1.29 is 24.2 Å². The van der Waals surface area contributed by atoms with E-state index in [-0.39, 0.29) is 11.9 Å². The molecule has 7 nitrogen and oxygen atoms in total. The molecule has 2 aliphatic heterocycles. The predicted octanol–water partition coefficient (Wildman–Crippen LogP) is 1.12. The molecule has 2 amide bonds. The zero-order valence-electron chi connectivity index (χ0n) is 12.6. The highest BCUT2D eigenvalue weighted by molar-refractivity contribution is 5.90. The van der Waals surface area contributed by atoms with Gasteiger partial charge >= 0.3 is 12.1 Å². The molecule has 3 atom stereocenters. The Morgan fingerprint density at radius 2 is 1.86 bits per heavy atom. The van der Waals surface area contributed by atoms with Crippen molar-refractivity contribution in [3.8, 4) is 0 Å². The fourth-order valence-corrected chi connectivity index (χ4v) is 2.99. The van der Waals surface area contributed by atoms with Crippen molar-refractivity contribution in [1.82, 2.24) is 10.2 Å². The van der Waals surface area contributed by atoms with E-state index >= 15 is 0 Å². The summed E-state index contributed by atoms with van der Waals surface area (Å²) in [4.78, 5) is 36.8.